The number of ether oxygens (including phenoxy) is 2. The van der Waals surface area contributed by atoms with Crippen molar-refractivity contribution in [2.75, 3.05) is 31.3 Å². The van der Waals surface area contributed by atoms with Gasteiger partial charge in [-0.15, -0.1) is 0 Å². The Morgan fingerprint density at radius 1 is 0.947 bits per heavy atom. The Balaban J connectivity index is 2.23. The average Bonchev–Trinajstić information content (AvgIpc) is 2.85. The van der Waals surface area contributed by atoms with E-state index in [1.807, 2.05) is 52.0 Å². The van der Waals surface area contributed by atoms with E-state index in [1.165, 1.54) is 11.4 Å². The first-order chi connectivity index (χ1) is 17.8. The van der Waals surface area contributed by atoms with E-state index < -0.39 is 21.6 Å². The second-order valence-electron chi connectivity index (χ2n) is 10.2. The molecule has 0 saturated heterocycles. The molecule has 0 heterocycles. The van der Waals surface area contributed by atoms with Crippen LogP contribution in [0.5, 0.6) is 11.5 Å². The molecule has 0 spiro atoms. The largest absolute Gasteiger partial charge is 0.497 e. The number of methoxy groups -OCH3 is 2. The molecule has 0 aromatic heterocycles. The van der Waals surface area contributed by atoms with Crippen LogP contribution in [0.1, 0.15) is 52.5 Å². The first kappa shape index (κ1) is 31.0. The van der Waals surface area contributed by atoms with Crippen molar-refractivity contribution in [1.82, 2.24) is 10.2 Å². The smallest absolute Gasteiger partial charge is 0.243 e. The number of rotatable bonds is 13. The summed E-state index contributed by atoms with van der Waals surface area (Å²) in [5, 5.41) is 2.98. The number of amides is 2. The Morgan fingerprint density at radius 2 is 1.47 bits per heavy atom. The molecule has 0 aliphatic heterocycles. The number of benzene rings is 2. The minimum absolute atomic E-state index is 0.0810. The van der Waals surface area contributed by atoms with Crippen molar-refractivity contribution in [2.45, 2.75) is 65.1 Å². The second kappa shape index (κ2) is 13.5. The molecule has 0 aliphatic rings. The molecule has 9 nitrogen and oxygen atoms in total. The molecule has 0 aliphatic carbocycles. The zero-order chi connectivity index (χ0) is 28.5. The van der Waals surface area contributed by atoms with E-state index in [-0.39, 0.29) is 37.7 Å². The van der Waals surface area contributed by atoms with Crippen molar-refractivity contribution < 1.29 is 27.5 Å². The van der Waals surface area contributed by atoms with Gasteiger partial charge in [0.05, 0.1) is 26.2 Å². The third-order valence-electron chi connectivity index (χ3n) is 5.91. The van der Waals surface area contributed by atoms with Crippen LogP contribution in [0.4, 0.5) is 5.69 Å². The molecule has 2 amide bonds. The molecule has 0 bridgehead atoms. The summed E-state index contributed by atoms with van der Waals surface area (Å²) in [6.07, 6.45) is 1.94. The maximum atomic E-state index is 13.5. The van der Waals surface area contributed by atoms with Crippen LogP contribution in [0.25, 0.3) is 0 Å². The van der Waals surface area contributed by atoms with Crippen LogP contribution in [0.2, 0.25) is 0 Å². The summed E-state index contributed by atoms with van der Waals surface area (Å²) in [6.45, 7) is 7.92. The summed E-state index contributed by atoms with van der Waals surface area (Å²) in [5.41, 5.74) is 0.900. The maximum Gasteiger partial charge on any atom is 0.243 e. The fourth-order valence-electron chi connectivity index (χ4n) is 4.05. The summed E-state index contributed by atoms with van der Waals surface area (Å²) in [6, 6.07) is 13.4. The van der Waals surface area contributed by atoms with Crippen molar-refractivity contribution >= 4 is 27.5 Å². The van der Waals surface area contributed by atoms with Gasteiger partial charge in [-0.3, -0.25) is 13.9 Å². The van der Waals surface area contributed by atoms with E-state index in [9.17, 15) is 18.0 Å². The summed E-state index contributed by atoms with van der Waals surface area (Å²) in [4.78, 5) is 28.3. The van der Waals surface area contributed by atoms with Crippen LogP contribution in [0.15, 0.2) is 48.5 Å². The minimum Gasteiger partial charge on any atom is -0.497 e. The highest BCUT2D eigenvalue weighted by Gasteiger charge is 2.30. The Morgan fingerprint density at radius 3 is 1.92 bits per heavy atom. The van der Waals surface area contributed by atoms with Crippen LogP contribution in [0, 0.1) is 0 Å². The number of hydrogen-bond donors (Lipinski definition) is 1. The van der Waals surface area contributed by atoms with Gasteiger partial charge < -0.3 is 19.7 Å². The van der Waals surface area contributed by atoms with E-state index in [4.69, 9.17) is 9.47 Å². The van der Waals surface area contributed by atoms with Crippen molar-refractivity contribution in [1.29, 1.82) is 0 Å². The highest BCUT2D eigenvalue weighted by atomic mass is 32.2. The molecule has 1 unspecified atom stereocenters. The minimum atomic E-state index is -3.57. The topological polar surface area (TPSA) is 105 Å². The SMILES string of the molecule is CCC(C(=O)NC(C)(C)C)N(Cc1ccc(OC)cc1)C(=O)CCCN(c1ccc(OC)cc1)S(C)(=O)=O. The second-order valence-corrected chi connectivity index (χ2v) is 12.1. The molecule has 2 aromatic rings. The van der Waals surface area contributed by atoms with Gasteiger partial charge in [-0.2, -0.15) is 0 Å². The Labute approximate surface area is 227 Å². The lowest BCUT2D eigenvalue weighted by Crippen LogP contribution is -2.53. The predicted molar refractivity (Wildman–Crippen MR) is 150 cm³/mol. The number of sulfonamides is 1. The van der Waals surface area contributed by atoms with Gasteiger partial charge in [0.1, 0.15) is 17.5 Å². The molecule has 1 N–H and O–H groups in total. The van der Waals surface area contributed by atoms with Crippen LogP contribution in [-0.4, -0.2) is 63.7 Å². The Hall–Kier alpha value is -3.27. The molecule has 0 fully saturated rings. The number of carbonyl (C=O) groups excluding carboxylic acids is 2. The van der Waals surface area contributed by atoms with Crippen LogP contribution >= 0.6 is 0 Å². The third kappa shape index (κ3) is 9.24. The standard InChI is InChI=1S/C28H41N3O6S/c1-8-25(27(33)29-28(2,3)4)30(20-21-11-15-23(36-5)16-12-21)26(32)10-9-19-31(38(7,34)35)22-13-17-24(37-6)18-14-22/h11-18,25H,8-10,19-20H2,1-7H3,(H,29,33). The predicted octanol–water partition coefficient (Wildman–Crippen LogP) is 3.97. The lowest BCUT2D eigenvalue weighted by atomic mass is 10.0. The fraction of sp³-hybridized carbons (Fsp3) is 0.500. The summed E-state index contributed by atoms with van der Waals surface area (Å²) in [5.74, 6) is 0.868. The zero-order valence-corrected chi connectivity index (χ0v) is 24.3. The van der Waals surface area contributed by atoms with Gasteiger partial charge in [0.15, 0.2) is 0 Å². The van der Waals surface area contributed by atoms with Gasteiger partial charge in [0.25, 0.3) is 0 Å². The third-order valence-corrected chi connectivity index (χ3v) is 7.10. The fourth-order valence-corrected chi connectivity index (χ4v) is 5.02. The summed E-state index contributed by atoms with van der Waals surface area (Å²) >= 11 is 0. The molecule has 10 heteroatoms. The normalized spacial score (nSPS) is 12.4. The Bertz CT molecular complexity index is 1160. The monoisotopic (exact) mass is 547 g/mol. The quantitative estimate of drug-likeness (QED) is 0.407. The van der Waals surface area contributed by atoms with Crippen LogP contribution in [-0.2, 0) is 26.2 Å². The number of nitrogens with zero attached hydrogens (tertiary/aromatic N) is 2. The van der Waals surface area contributed by atoms with E-state index in [0.29, 0.717) is 23.6 Å². The number of hydrogen-bond acceptors (Lipinski definition) is 6. The Kier molecular flexibility index (Phi) is 11.0. The molecule has 1 atom stereocenters. The molecule has 0 saturated carbocycles. The van der Waals surface area contributed by atoms with Crippen LogP contribution in [0.3, 0.4) is 0 Å². The van der Waals surface area contributed by atoms with Crippen molar-refractivity contribution in [2.24, 2.45) is 0 Å². The molecular formula is C28H41N3O6S. The van der Waals surface area contributed by atoms with Crippen LogP contribution < -0.4 is 19.1 Å². The highest BCUT2D eigenvalue weighted by Crippen LogP contribution is 2.23. The molecule has 2 rings (SSSR count). The number of carbonyl (C=O) groups is 2. The van der Waals surface area contributed by atoms with Crippen molar-refractivity contribution in [3.8, 4) is 11.5 Å². The molecule has 38 heavy (non-hydrogen) atoms. The van der Waals surface area contributed by atoms with E-state index in [1.54, 1.807) is 36.3 Å². The van der Waals surface area contributed by atoms with Gasteiger partial charge in [-0.25, -0.2) is 8.42 Å². The lowest BCUT2D eigenvalue weighted by molar-refractivity contribution is -0.142. The zero-order valence-electron chi connectivity index (χ0n) is 23.5. The van der Waals surface area contributed by atoms with E-state index in [0.717, 1.165) is 11.8 Å². The first-order valence-electron chi connectivity index (χ1n) is 12.6. The average molecular weight is 548 g/mol. The van der Waals surface area contributed by atoms with Gasteiger partial charge in [-0.1, -0.05) is 19.1 Å². The van der Waals surface area contributed by atoms with Gasteiger partial charge in [0, 0.05) is 25.0 Å². The number of nitrogens with one attached hydrogen (secondary N) is 1. The maximum absolute atomic E-state index is 13.5. The van der Waals surface area contributed by atoms with Gasteiger partial charge in [-0.05, 0) is 75.6 Å². The molecule has 0 radical (unpaired) electrons. The van der Waals surface area contributed by atoms with E-state index in [2.05, 4.69) is 5.32 Å². The molecule has 2 aromatic carbocycles. The summed E-state index contributed by atoms with van der Waals surface area (Å²) < 4.78 is 36.7. The van der Waals surface area contributed by atoms with Gasteiger partial charge in [0.2, 0.25) is 21.8 Å². The first-order valence-corrected chi connectivity index (χ1v) is 14.5. The van der Waals surface area contributed by atoms with Crippen molar-refractivity contribution in [3.63, 3.8) is 0 Å². The van der Waals surface area contributed by atoms with Crippen molar-refractivity contribution in [3.05, 3.63) is 54.1 Å². The molecular weight excluding hydrogens is 506 g/mol. The van der Waals surface area contributed by atoms with E-state index >= 15 is 0 Å². The lowest BCUT2D eigenvalue weighted by Gasteiger charge is -2.33. The van der Waals surface area contributed by atoms with Gasteiger partial charge >= 0.3 is 0 Å². The molecule has 210 valence electrons. The summed E-state index contributed by atoms with van der Waals surface area (Å²) in [7, 11) is -0.451. The highest BCUT2D eigenvalue weighted by molar-refractivity contribution is 7.92. The number of anilines is 1.